The molecule has 0 saturated heterocycles. The zero-order valence-electron chi connectivity index (χ0n) is 12.3. The van der Waals surface area contributed by atoms with Crippen LogP contribution in [0.25, 0.3) is 0 Å². The second kappa shape index (κ2) is 7.94. The molecule has 0 rings (SSSR count). The van der Waals surface area contributed by atoms with Gasteiger partial charge in [-0.15, -0.1) is 11.6 Å². The summed E-state index contributed by atoms with van der Waals surface area (Å²) < 4.78 is 9.49. The van der Waals surface area contributed by atoms with Crippen LogP contribution in [0, 0.1) is 0 Å². The van der Waals surface area contributed by atoms with Gasteiger partial charge in [-0.1, -0.05) is 0 Å². The Balaban J connectivity index is 4.49. The van der Waals surface area contributed by atoms with Gasteiger partial charge in [-0.2, -0.15) is 0 Å². The van der Waals surface area contributed by atoms with Crippen LogP contribution in [0.3, 0.4) is 0 Å². The van der Waals surface area contributed by atoms with Crippen molar-refractivity contribution < 1.29 is 23.9 Å². The highest BCUT2D eigenvalue weighted by atomic mass is 35.5. The Morgan fingerprint density at radius 1 is 1.20 bits per heavy atom. The summed E-state index contributed by atoms with van der Waals surface area (Å²) in [7, 11) is 1.21. The Morgan fingerprint density at radius 2 is 1.75 bits per heavy atom. The quantitative estimate of drug-likeness (QED) is 0.578. The molecule has 0 aliphatic heterocycles. The average molecular weight is 309 g/mol. The lowest BCUT2D eigenvalue weighted by molar-refractivity contribution is -0.144. The number of methoxy groups -OCH3 is 1. The molecule has 20 heavy (non-hydrogen) atoms. The summed E-state index contributed by atoms with van der Waals surface area (Å²) in [5.41, 5.74) is -0.684. The molecule has 0 aromatic rings. The van der Waals surface area contributed by atoms with E-state index in [4.69, 9.17) is 16.3 Å². The standard InChI is InChI=1S/C12H21ClN2O5/c1-7(10(17)19-5)14-9(16)8(6-13)15-11(18)20-12(2,3)4/h7-8H,6H2,1-5H3,(H,14,16)(H,15,18)/t7-,8-/m0/s1. The molecule has 0 aliphatic rings. The molecule has 0 saturated carbocycles. The number of carbonyl (C=O) groups excluding carboxylic acids is 3. The average Bonchev–Trinajstić information content (AvgIpc) is 2.32. The largest absolute Gasteiger partial charge is 0.467 e. The Bertz CT molecular complexity index is 367. The molecule has 0 fully saturated rings. The first-order valence-corrected chi connectivity index (χ1v) is 6.58. The maximum absolute atomic E-state index is 11.8. The smallest absolute Gasteiger partial charge is 0.408 e. The van der Waals surface area contributed by atoms with Gasteiger partial charge in [0.1, 0.15) is 17.7 Å². The highest BCUT2D eigenvalue weighted by Gasteiger charge is 2.26. The second-order valence-electron chi connectivity index (χ2n) is 5.11. The van der Waals surface area contributed by atoms with Gasteiger partial charge in [0, 0.05) is 0 Å². The summed E-state index contributed by atoms with van der Waals surface area (Å²) in [6.07, 6.45) is -0.760. The molecular formula is C12H21ClN2O5. The van der Waals surface area contributed by atoms with Gasteiger partial charge in [-0.25, -0.2) is 9.59 Å². The normalized spacial score (nSPS) is 13.9. The molecule has 2 amide bonds. The first-order valence-electron chi connectivity index (χ1n) is 6.04. The minimum absolute atomic E-state index is 0.154. The molecule has 116 valence electrons. The van der Waals surface area contributed by atoms with E-state index in [1.807, 2.05) is 0 Å². The molecule has 0 aromatic carbocycles. The lowest BCUT2D eigenvalue weighted by atomic mass is 10.2. The molecule has 0 aliphatic carbocycles. The van der Waals surface area contributed by atoms with Crippen molar-refractivity contribution in [1.29, 1.82) is 0 Å². The lowest BCUT2D eigenvalue weighted by Gasteiger charge is -2.23. The first kappa shape index (κ1) is 18.5. The Hall–Kier alpha value is -1.50. The molecule has 8 heteroatoms. The lowest BCUT2D eigenvalue weighted by Crippen LogP contribution is -2.52. The SMILES string of the molecule is COC(=O)[C@H](C)NC(=O)[C@H](CCl)NC(=O)OC(C)(C)C. The Labute approximate surface area is 123 Å². The van der Waals surface area contributed by atoms with E-state index < -0.39 is 35.7 Å². The molecule has 0 heterocycles. The van der Waals surface area contributed by atoms with E-state index in [9.17, 15) is 14.4 Å². The molecule has 0 aromatic heterocycles. The predicted octanol–water partition coefficient (Wildman–Crippen LogP) is 0.796. The van der Waals surface area contributed by atoms with E-state index in [1.165, 1.54) is 14.0 Å². The van der Waals surface area contributed by atoms with Gasteiger partial charge >= 0.3 is 12.1 Å². The monoisotopic (exact) mass is 308 g/mol. The van der Waals surface area contributed by atoms with Gasteiger partial charge in [-0.05, 0) is 27.7 Å². The third-order valence-corrected chi connectivity index (χ3v) is 2.38. The number of carbonyl (C=O) groups is 3. The van der Waals surface area contributed by atoms with Gasteiger partial charge in [0.25, 0.3) is 0 Å². The first-order chi connectivity index (χ1) is 9.10. The number of nitrogens with one attached hydrogen (secondary N) is 2. The summed E-state index contributed by atoms with van der Waals surface area (Å²) in [4.78, 5) is 34.6. The summed E-state index contributed by atoms with van der Waals surface area (Å²) >= 11 is 5.63. The molecule has 0 radical (unpaired) electrons. The molecule has 0 bridgehead atoms. The summed E-state index contributed by atoms with van der Waals surface area (Å²) in [6.45, 7) is 6.55. The molecule has 2 N–H and O–H groups in total. The highest BCUT2D eigenvalue weighted by molar-refractivity contribution is 6.20. The van der Waals surface area contributed by atoms with Crippen LogP contribution in [-0.2, 0) is 19.1 Å². The maximum atomic E-state index is 11.8. The summed E-state index contributed by atoms with van der Waals surface area (Å²) in [6, 6.07) is -1.84. The molecular weight excluding hydrogens is 288 g/mol. The molecule has 7 nitrogen and oxygen atoms in total. The number of amides is 2. The Morgan fingerprint density at radius 3 is 2.15 bits per heavy atom. The number of rotatable bonds is 5. The van der Waals surface area contributed by atoms with Gasteiger partial charge < -0.3 is 20.1 Å². The van der Waals surface area contributed by atoms with Crippen molar-refractivity contribution in [3.05, 3.63) is 0 Å². The third-order valence-electron chi connectivity index (χ3n) is 2.08. The molecule has 0 unspecified atom stereocenters. The van der Waals surface area contributed by atoms with Crippen molar-refractivity contribution in [2.45, 2.75) is 45.4 Å². The van der Waals surface area contributed by atoms with Crippen LogP contribution >= 0.6 is 11.6 Å². The Kier molecular flexibility index (Phi) is 7.34. The zero-order valence-corrected chi connectivity index (χ0v) is 13.0. The number of halogens is 1. The minimum Gasteiger partial charge on any atom is -0.467 e. The van der Waals surface area contributed by atoms with Crippen molar-refractivity contribution >= 4 is 29.6 Å². The molecule has 2 atom stereocenters. The van der Waals surface area contributed by atoms with E-state index in [-0.39, 0.29) is 5.88 Å². The van der Waals surface area contributed by atoms with Crippen LogP contribution in [0.2, 0.25) is 0 Å². The number of hydrogen-bond donors (Lipinski definition) is 2. The number of esters is 1. The number of alkyl carbamates (subject to hydrolysis) is 1. The van der Waals surface area contributed by atoms with E-state index in [2.05, 4.69) is 15.4 Å². The van der Waals surface area contributed by atoms with Crippen LogP contribution in [-0.4, -0.2) is 48.6 Å². The fourth-order valence-corrected chi connectivity index (χ4v) is 1.39. The van der Waals surface area contributed by atoms with Gasteiger partial charge in [0.2, 0.25) is 5.91 Å². The highest BCUT2D eigenvalue weighted by Crippen LogP contribution is 2.07. The van der Waals surface area contributed by atoms with Crippen LogP contribution in [0.5, 0.6) is 0 Å². The van der Waals surface area contributed by atoms with Crippen LogP contribution < -0.4 is 10.6 Å². The third kappa shape index (κ3) is 7.18. The predicted molar refractivity (Wildman–Crippen MR) is 73.5 cm³/mol. The van der Waals surface area contributed by atoms with E-state index in [1.54, 1.807) is 20.8 Å². The number of hydrogen-bond acceptors (Lipinski definition) is 5. The van der Waals surface area contributed by atoms with Gasteiger partial charge in [0.05, 0.1) is 13.0 Å². The fraction of sp³-hybridized carbons (Fsp3) is 0.750. The van der Waals surface area contributed by atoms with Crippen molar-refractivity contribution in [3.63, 3.8) is 0 Å². The van der Waals surface area contributed by atoms with Crippen LogP contribution in [0.15, 0.2) is 0 Å². The van der Waals surface area contributed by atoms with Gasteiger partial charge in [0.15, 0.2) is 0 Å². The van der Waals surface area contributed by atoms with E-state index >= 15 is 0 Å². The van der Waals surface area contributed by atoms with E-state index in [0.717, 1.165) is 0 Å². The second-order valence-corrected chi connectivity index (χ2v) is 5.42. The minimum atomic E-state index is -1.00. The molecule has 0 spiro atoms. The van der Waals surface area contributed by atoms with Gasteiger partial charge in [-0.3, -0.25) is 4.79 Å². The number of ether oxygens (including phenoxy) is 2. The van der Waals surface area contributed by atoms with Crippen molar-refractivity contribution in [3.8, 4) is 0 Å². The fourth-order valence-electron chi connectivity index (χ4n) is 1.17. The van der Waals surface area contributed by atoms with Crippen LogP contribution in [0.1, 0.15) is 27.7 Å². The maximum Gasteiger partial charge on any atom is 0.408 e. The van der Waals surface area contributed by atoms with E-state index in [0.29, 0.717) is 0 Å². The van der Waals surface area contributed by atoms with Crippen LogP contribution in [0.4, 0.5) is 4.79 Å². The number of alkyl halides is 1. The topological polar surface area (TPSA) is 93.7 Å². The summed E-state index contributed by atoms with van der Waals surface area (Å²) in [5.74, 6) is -1.34. The zero-order chi connectivity index (χ0) is 15.9. The summed E-state index contributed by atoms with van der Waals surface area (Å²) in [5, 5.41) is 4.71. The van der Waals surface area contributed by atoms with Crippen molar-refractivity contribution in [2.75, 3.05) is 13.0 Å². The van der Waals surface area contributed by atoms with Crippen molar-refractivity contribution in [1.82, 2.24) is 10.6 Å². The van der Waals surface area contributed by atoms with Crippen molar-refractivity contribution in [2.24, 2.45) is 0 Å².